The summed E-state index contributed by atoms with van der Waals surface area (Å²) < 4.78 is 0. The molecule has 1 aromatic carbocycles. The van der Waals surface area contributed by atoms with Crippen LogP contribution in [0.25, 0.3) is 0 Å². The predicted molar refractivity (Wildman–Crippen MR) is 98.0 cm³/mol. The highest BCUT2D eigenvalue weighted by atomic mass is 16.2. The first kappa shape index (κ1) is 17.9. The molecule has 5 heteroatoms. The van der Waals surface area contributed by atoms with Gasteiger partial charge in [-0.05, 0) is 36.8 Å². The predicted octanol–water partition coefficient (Wildman–Crippen LogP) is 2.12. The lowest BCUT2D eigenvalue weighted by atomic mass is 9.79. The van der Waals surface area contributed by atoms with Crippen molar-refractivity contribution in [1.82, 2.24) is 9.80 Å². The topological polar surface area (TPSA) is 66.6 Å². The second-order valence-corrected chi connectivity index (χ2v) is 8.08. The molecule has 3 rings (SSSR count). The van der Waals surface area contributed by atoms with Crippen molar-refractivity contribution in [2.24, 2.45) is 17.1 Å². The Balaban J connectivity index is 1.55. The van der Waals surface area contributed by atoms with Crippen LogP contribution in [-0.2, 0) is 4.79 Å². The number of nitrogens with zero attached hydrogens (tertiary/aromatic N) is 2. The van der Waals surface area contributed by atoms with Crippen LogP contribution in [0.1, 0.15) is 43.5 Å². The number of amides is 2. The second kappa shape index (κ2) is 7.16. The van der Waals surface area contributed by atoms with Gasteiger partial charge < -0.3 is 15.5 Å². The van der Waals surface area contributed by atoms with E-state index in [4.69, 9.17) is 5.73 Å². The molecule has 136 valence electrons. The van der Waals surface area contributed by atoms with Gasteiger partial charge in [-0.1, -0.05) is 32.0 Å². The van der Waals surface area contributed by atoms with E-state index in [9.17, 15) is 9.59 Å². The first-order valence-electron chi connectivity index (χ1n) is 9.27. The molecule has 0 spiro atoms. The Kier molecular flexibility index (Phi) is 5.13. The summed E-state index contributed by atoms with van der Waals surface area (Å²) >= 11 is 0. The van der Waals surface area contributed by atoms with Gasteiger partial charge in [-0.25, -0.2) is 0 Å². The van der Waals surface area contributed by atoms with E-state index < -0.39 is 0 Å². The van der Waals surface area contributed by atoms with E-state index in [2.05, 4.69) is 13.8 Å². The molecule has 2 amide bonds. The van der Waals surface area contributed by atoms with Crippen molar-refractivity contribution in [3.05, 3.63) is 35.9 Å². The maximum atomic E-state index is 12.9. The maximum absolute atomic E-state index is 12.9. The minimum atomic E-state index is -0.0299. The molecule has 1 atom stereocenters. The lowest BCUT2D eigenvalue weighted by molar-refractivity contribution is -0.140. The Bertz CT molecular complexity index is 621. The summed E-state index contributed by atoms with van der Waals surface area (Å²) in [6.45, 7) is 7.07. The first-order valence-corrected chi connectivity index (χ1v) is 9.27. The molecule has 2 aliphatic heterocycles. The van der Waals surface area contributed by atoms with Gasteiger partial charge in [-0.2, -0.15) is 0 Å². The highest BCUT2D eigenvalue weighted by Crippen LogP contribution is 2.30. The van der Waals surface area contributed by atoms with Gasteiger partial charge in [0.05, 0.1) is 0 Å². The van der Waals surface area contributed by atoms with Gasteiger partial charge in [0.1, 0.15) is 0 Å². The van der Waals surface area contributed by atoms with E-state index in [1.807, 2.05) is 40.1 Å². The molecule has 2 fully saturated rings. The SMILES string of the molecule is CC1(C)CN(C(=O)C2CCN(C(=O)c3ccccc3)CC2)CCC1N. The van der Waals surface area contributed by atoms with E-state index in [-0.39, 0.29) is 29.2 Å². The first-order chi connectivity index (χ1) is 11.9. The van der Waals surface area contributed by atoms with Gasteiger partial charge in [0, 0.05) is 43.7 Å². The summed E-state index contributed by atoms with van der Waals surface area (Å²) in [4.78, 5) is 29.3. The molecule has 2 aliphatic rings. The van der Waals surface area contributed by atoms with Crippen LogP contribution in [0.15, 0.2) is 30.3 Å². The van der Waals surface area contributed by atoms with Gasteiger partial charge in [0.2, 0.25) is 5.91 Å². The summed E-state index contributed by atoms with van der Waals surface area (Å²) in [6, 6.07) is 9.52. The molecule has 2 saturated heterocycles. The number of hydrogen-bond donors (Lipinski definition) is 1. The average Bonchev–Trinajstić information content (AvgIpc) is 2.63. The van der Waals surface area contributed by atoms with Crippen molar-refractivity contribution in [3.63, 3.8) is 0 Å². The number of benzene rings is 1. The summed E-state index contributed by atoms with van der Waals surface area (Å²) in [7, 11) is 0. The van der Waals surface area contributed by atoms with E-state index in [0.29, 0.717) is 13.1 Å². The van der Waals surface area contributed by atoms with Crippen LogP contribution >= 0.6 is 0 Å². The largest absolute Gasteiger partial charge is 0.342 e. The van der Waals surface area contributed by atoms with E-state index in [0.717, 1.165) is 37.9 Å². The Morgan fingerprint density at radius 2 is 1.60 bits per heavy atom. The molecule has 1 aromatic rings. The Morgan fingerprint density at radius 3 is 2.20 bits per heavy atom. The number of nitrogens with two attached hydrogens (primary N) is 1. The molecule has 1 unspecified atom stereocenters. The summed E-state index contributed by atoms with van der Waals surface area (Å²) in [6.07, 6.45) is 2.37. The highest BCUT2D eigenvalue weighted by Gasteiger charge is 2.38. The molecule has 0 saturated carbocycles. The molecule has 0 aromatic heterocycles. The molecule has 0 aliphatic carbocycles. The minimum Gasteiger partial charge on any atom is -0.342 e. The highest BCUT2D eigenvalue weighted by molar-refractivity contribution is 5.94. The van der Waals surface area contributed by atoms with Crippen LogP contribution in [0.4, 0.5) is 0 Å². The molecule has 2 heterocycles. The van der Waals surface area contributed by atoms with E-state index in [1.165, 1.54) is 0 Å². The fraction of sp³-hybridized carbons (Fsp3) is 0.600. The van der Waals surface area contributed by atoms with Gasteiger partial charge >= 0.3 is 0 Å². The Morgan fingerprint density at radius 1 is 1.00 bits per heavy atom. The third-order valence-electron chi connectivity index (χ3n) is 5.78. The standard InChI is InChI=1S/C20H29N3O2/c1-20(2)14-23(13-10-17(20)21)19(25)16-8-11-22(12-9-16)18(24)15-6-4-3-5-7-15/h3-7,16-17H,8-14,21H2,1-2H3. The summed E-state index contributed by atoms with van der Waals surface area (Å²) in [5.41, 5.74) is 6.87. The molecular formula is C20H29N3O2. The smallest absolute Gasteiger partial charge is 0.253 e. The molecular weight excluding hydrogens is 314 g/mol. The molecule has 5 nitrogen and oxygen atoms in total. The van der Waals surface area contributed by atoms with Crippen LogP contribution in [0.3, 0.4) is 0 Å². The number of likely N-dealkylation sites (tertiary alicyclic amines) is 2. The van der Waals surface area contributed by atoms with Gasteiger partial charge in [0.25, 0.3) is 5.91 Å². The molecule has 2 N–H and O–H groups in total. The Hall–Kier alpha value is -1.88. The summed E-state index contributed by atoms with van der Waals surface area (Å²) in [5, 5.41) is 0. The van der Waals surface area contributed by atoms with Crippen molar-refractivity contribution in [3.8, 4) is 0 Å². The number of piperidine rings is 2. The molecule has 0 radical (unpaired) electrons. The van der Waals surface area contributed by atoms with E-state index in [1.54, 1.807) is 0 Å². The normalized spacial score (nSPS) is 24.2. The van der Waals surface area contributed by atoms with Crippen LogP contribution < -0.4 is 5.73 Å². The molecule has 0 bridgehead atoms. The van der Waals surface area contributed by atoms with Crippen molar-refractivity contribution in [2.75, 3.05) is 26.2 Å². The van der Waals surface area contributed by atoms with Crippen molar-refractivity contribution in [1.29, 1.82) is 0 Å². The van der Waals surface area contributed by atoms with Crippen LogP contribution in [0.2, 0.25) is 0 Å². The lowest BCUT2D eigenvalue weighted by Crippen LogP contribution is -2.55. The zero-order valence-electron chi connectivity index (χ0n) is 15.3. The van der Waals surface area contributed by atoms with Gasteiger partial charge in [0.15, 0.2) is 0 Å². The minimum absolute atomic E-state index is 0.0299. The second-order valence-electron chi connectivity index (χ2n) is 8.08. The zero-order valence-corrected chi connectivity index (χ0v) is 15.3. The quantitative estimate of drug-likeness (QED) is 0.894. The number of rotatable bonds is 2. The van der Waals surface area contributed by atoms with Crippen LogP contribution in [-0.4, -0.2) is 53.8 Å². The molecule has 25 heavy (non-hydrogen) atoms. The average molecular weight is 343 g/mol. The fourth-order valence-corrected chi connectivity index (χ4v) is 3.91. The maximum Gasteiger partial charge on any atom is 0.253 e. The van der Waals surface area contributed by atoms with Crippen molar-refractivity contribution in [2.45, 2.75) is 39.2 Å². The third-order valence-corrected chi connectivity index (χ3v) is 5.78. The monoisotopic (exact) mass is 343 g/mol. The van der Waals surface area contributed by atoms with E-state index >= 15 is 0 Å². The van der Waals surface area contributed by atoms with Crippen LogP contribution in [0.5, 0.6) is 0 Å². The van der Waals surface area contributed by atoms with Crippen LogP contribution in [0, 0.1) is 11.3 Å². The van der Waals surface area contributed by atoms with Crippen molar-refractivity contribution >= 4 is 11.8 Å². The lowest BCUT2D eigenvalue weighted by Gasteiger charge is -2.44. The summed E-state index contributed by atoms with van der Waals surface area (Å²) in [5.74, 6) is 0.341. The number of hydrogen-bond acceptors (Lipinski definition) is 3. The number of carbonyl (C=O) groups is 2. The van der Waals surface area contributed by atoms with Gasteiger partial charge in [-0.15, -0.1) is 0 Å². The third kappa shape index (κ3) is 3.87. The fourth-order valence-electron chi connectivity index (χ4n) is 3.91. The zero-order chi connectivity index (χ0) is 18.0. The van der Waals surface area contributed by atoms with Gasteiger partial charge in [-0.3, -0.25) is 9.59 Å². The number of carbonyl (C=O) groups excluding carboxylic acids is 2. The Labute approximate surface area is 150 Å². The van der Waals surface area contributed by atoms with Crippen molar-refractivity contribution < 1.29 is 9.59 Å².